The van der Waals surface area contributed by atoms with E-state index in [0.717, 1.165) is 24.7 Å². The third-order valence-electron chi connectivity index (χ3n) is 5.03. The number of hydrogen-bond acceptors (Lipinski definition) is 5. The van der Waals surface area contributed by atoms with Crippen molar-refractivity contribution >= 4 is 11.9 Å². The lowest BCUT2D eigenvalue weighted by atomic mass is 9.67. The first-order valence-corrected chi connectivity index (χ1v) is 8.12. The Morgan fingerprint density at radius 2 is 2.05 bits per heavy atom. The Hall–Kier alpha value is -1.52. The number of ether oxygens (including phenoxy) is 1. The highest BCUT2D eigenvalue weighted by molar-refractivity contribution is 5.91. The van der Waals surface area contributed by atoms with Crippen molar-refractivity contribution in [3.8, 4) is 0 Å². The zero-order valence-electron chi connectivity index (χ0n) is 12.6. The molecule has 0 aromatic carbocycles. The van der Waals surface area contributed by atoms with E-state index < -0.39 is 5.97 Å². The van der Waals surface area contributed by atoms with Crippen LogP contribution in [-0.2, 0) is 4.74 Å². The Labute approximate surface area is 125 Å². The van der Waals surface area contributed by atoms with Crippen LogP contribution in [0.5, 0.6) is 0 Å². The molecule has 21 heavy (non-hydrogen) atoms. The second kappa shape index (κ2) is 6.08. The number of aromatic nitrogens is 1. The normalized spacial score (nSPS) is 28.9. The van der Waals surface area contributed by atoms with Gasteiger partial charge < -0.3 is 14.9 Å². The maximum Gasteiger partial charge on any atom is 0.362 e. The van der Waals surface area contributed by atoms with Gasteiger partial charge in [0.05, 0.1) is 6.61 Å². The van der Waals surface area contributed by atoms with Gasteiger partial charge in [-0.15, -0.1) is 0 Å². The molecule has 2 aliphatic carbocycles. The lowest BCUT2D eigenvalue weighted by molar-refractivity contribution is 0.0521. The molecule has 116 valence electrons. The molecule has 3 unspecified atom stereocenters. The minimum Gasteiger partial charge on any atom is -0.461 e. The van der Waals surface area contributed by atoms with Crippen LogP contribution in [0.1, 0.15) is 74.2 Å². The average molecular weight is 292 g/mol. The van der Waals surface area contributed by atoms with Gasteiger partial charge in [0, 0.05) is 5.92 Å². The van der Waals surface area contributed by atoms with E-state index in [-0.39, 0.29) is 11.6 Å². The van der Waals surface area contributed by atoms with Crippen molar-refractivity contribution in [2.24, 2.45) is 11.8 Å². The van der Waals surface area contributed by atoms with E-state index in [1.807, 2.05) is 0 Å². The predicted molar refractivity (Wildman–Crippen MR) is 78.9 cm³/mol. The van der Waals surface area contributed by atoms with Crippen LogP contribution in [0.25, 0.3) is 0 Å². The average Bonchev–Trinajstić information content (AvgIpc) is 2.89. The molecule has 0 bridgehead atoms. The van der Waals surface area contributed by atoms with E-state index in [0.29, 0.717) is 18.4 Å². The first-order valence-electron chi connectivity index (χ1n) is 8.12. The molecule has 2 aliphatic rings. The standard InChI is InChI=1S/C16H24N2O3/c1-2-20-16(19)13-14(17)21-15(18-13)12-8-7-10-5-3-4-6-11(10)9-12/h10-12H,2-9,17H2,1H3. The number of hydrogen-bond donors (Lipinski definition) is 1. The Balaban J connectivity index is 1.72. The first kappa shape index (κ1) is 14.4. The summed E-state index contributed by atoms with van der Waals surface area (Å²) in [6.07, 6.45) is 8.87. The first-order chi connectivity index (χ1) is 10.2. The number of nitrogen functional groups attached to an aromatic ring is 1. The SMILES string of the molecule is CCOC(=O)c1nc(C2CCC3CCCCC3C2)oc1N. The third-order valence-corrected chi connectivity index (χ3v) is 5.03. The summed E-state index contributed by atoms with van der Waals surface area (Å²) in [5.74, 6) is 2.20. The fourth-order valence-corrected chi connectivity index (χ4v) is 3.97. The number of nitrogens with zero attached hydrogens (tertiary/aromatic N) is 1. The molecule has 2 fully saturated rings. The fraction of sp³-hybridized carbons (Fsp3) is 0.750. The van der Waals surface area contributed by atoms with Crippen LogP contribution in [0.4, 0.5) is 5.88 Å². The quantitative estimate of drug-likeness (QED) is 0.862. The highest BCUT2D eigenvalue weighted by Gasteiger charge is 2.35. The molecule has 1 heterocycles. The molecule has 3 rings (SSSR count). The summed E-state index contributed by atoms with van der Waals surface area (Å²) in [6, 6.07) is 0. The summed E-state index contributed by atoms with van der Waals surface area (Å²) in [7, 11) is 0. The maximum atomic E-state index is 11.8. The monoisotopic (exact) mass is 292 g/mol. The summed E-state index contributed by atoms with van der Waals surface area (Å²) < 4.78 is 10.5. The van der Waals surface area contributed by atoms with Gasteiger partial charge in [0.1, 0.15) is 0 Å². The van der Waals surface area contributed by atoms with Crippen molar-refractivity contribution in [1.29, 1.82) is 0 Å². The van der Waals surface area contributed by atoms with Gasteiger partial charge in [-0.1, -0.05) is 25.7 Å². The molecule has 1 aromatic rings. The van der Waals surface area contributed by atoms with Gasteiger partial charge in [-0.3, -0.25) is 0 Å². The van der Waals surface area contributed by atoms with Crippen molar-refractivity contribution in [2.75, 3.05) is 12.3 Å². The summed E-state index contributed by atoms with van der Waals surface area (Å²) in [6.45, 7) is 2.08. The Kier molecular flexibility index (Phi) is 4.17. The van der Waals surface area contributed by atoms with E-state index in [9.17, 15) is 4.79 Å². The largest absolute Gasteiger partial charge is 0.461 e. The second-order valence-corrected chi connectivity index (χ2v) is 6.30. The highest BCUT2D eigenvalue weighted by Crippen LogP contribution is 2.46. The summed E-state index contributed by atoms with van der Waals surface area (Å²) >= 11 is 0. The van der Waals surface area contributed by atoms with Crippen LogP contribution in [0, 0.1) is 11.8 Å². The van der Waals surface area contributed by atoms with Gasteiger partial charge >= 0.3 is 5.97 Å². The number of carbonyl (C=O) groups excluding carboxylic acids is 1. The Morgan fingerprint density at radius 3 is 2.81 bits per heavy atom. The van der Waals surface area contributed by atoms with Gasteiger partial charge in [0.2, 0.25) is 17.5 Å². The van der Waals surface area contributed by atoms with Crippen LogP contribution >= 0.6 is 0 Å². The number of oxazole rings is 1. The molecular formula is C16H24N2O3. The van der Waals surface area contributed by atoms with Crippen LogP contribution in [0.3, 0.4) is 0 Å². The fourth-order valence-electron chi connectivity index (χ4n) is 3.97. The summed E-state index contributed by atoms with van der Waals surface area (Å²) in [5, 5.41) is 0. The van der Waals surface area contributed by atoms with Crippen LogP contribution in [0.2, 0.25) is 0 Å². The lowest BCUT2D eigenvalue weighted by Gasteiger charge is -2.38. The number of nitrogens with two attached hydrogens (primary N) is 1. The molecule has 5 nitrogen and oxygen atoms in total. The van der Waals surface area contributed by atoms with Gasteiger partial charge in [0.25, 0.3) is 0 Å². The molecular weight excluding hydrogens is 268 g/mol. The van der Waals surface area contributed by atoms with Gasteiger partial charge in [0.15, 0.2) is 0 Å². The molecule has 1 aromatic heterocycles. The summed E-state index contributed by atoms with van der Waals surface area (Å²) in [4.78, 5) is 16.1. The van der Waals surface area contributed by atoms with Crippen LogP contribution < -0.4 is 5.73 Å². The number of anilines is 1. The number of carbonyl (C=O) groups is 1. The van der Waals surface area contributed by atoms with Crippen molar-refractivity contribution in [3.63, 3.8) is 0 Å². The smallest absolute Gasteiger partial charge is 0.362 e. The molecule has 0 amide bonds. The predicted octanol–water partition coefficient (Wildman–Crippen LogP) is 3.51. The minimum absolute atomic E-state index is 0.0919. The second-order valence-electron chi connectivity index (χ2n) is 6.30. The van der Waals surface area contributed by atoms with E-state index >= 15 is 0 Å². The molecule has 0 saturated heterocycles. The highest BCUT2D eigenvalue weighted by atomic mass is 16.5. The van der Waals surface area contributed by atoms with E-state index in [4.69, 9.17) is 14.9 Å². The molecule has 5 heteroatoms. The zero-order chi connectivity index (χ0) is 14.8. The molecule has 2 saturated carbocycles. The molecule has 0 radical (unpaired) electrons. The third kappa shape index (κ3) is 2.92. The van der Waals surface area contributed by atoms with Gasteiger partial charge in [-0.2, -0.15) is 0 Å². The van der Waals surface area contributed by atoms with Crippen molar-refractivity contribution in [3.05, 3.63) is 11.6 Å². The number of fused-ring (bicyclic) bond motifs is 1. The number of esters is 1. The number of rotatable bonds is 3. The van der Waals surface area contributed by atoms with Crippen LogP contribution in [0.15, 0.2) is 4.42 Å². The summed E-state index contributed by atoms with van der Waals surface area (Å²) in [5.41, 5.74) is 5.92. The van der Waals surface area contributed by atoms with Crippen molar-refractivity contribution < 1.29 is 13.9 Å². The Bertz CT molecular complexity index is 512. The topological polar surface area (TPSA) is 78.3 Å². The van der Waals surface area contributed by atoms with Crippen molar-refractivity contribution in [1.82, 2.24) is 4.98 Å². The van der Waals surface area contributed by atoms with Crippen LogP contribution in [-0.4, -0.2) is 17.6 Å². The van der Waals surface area contributed by atoms with E-state index in [2.05, 4.69) is 4.98 Å². The van der Waals surface area contributed by atoms with E-state index in [1.54, 1.807) is 6.92 Å². The lowest BCUT2D eigenvalue weighted by Crippen LogP contribution is -2.27. The van der Waals surface area contributed by atoms with Gasteiger partial charge in [-0.25, -0.2) is 9.78 Å². The van der Waals surface area contributed by atoms with E-state index in [1.165, 1.54) is 32.1 Å². The van der Waals surface area contributed by atoms with Gasteiger partial charge in [-0.05, 0) is 38.0 Å². The molecule has 3 atom stereocenters. The maximum absolute atomic E-state index is 11.8. The van der Waals surface area contributed by atoms with Crippen molar-refractivity contribution in [2.45, 2.75) is 57.8 Å². The zero-order valence-corrected chi connectivity index (χ0v) is 12.6. The minimum atomic E-state index is -0.489. The Morgan fingerprint density at radius 1 is 1.29 bits per heavy atom. The molecule has 2 N–H and O–H groups in total. The molecule has 0 spiro atoms. The molecule has 0 aliphatic heterocycles.